The van der Waals surface area contributed by atoms with Gasteiger partial charge in [0.2, 0.25) is 5.91 Å². The molecule has 1 unspecified atom stereocenters. The molecule has 2 saturated heterocycles. The summed E-state index contributed by atoms with van der Waals surface area (Å²) in [4.78, 5) is 26.1. The average Bonchev–Trinajstić information content (AvgIpc) is 2.97. The fraction of sp³-hybridized carbons (Fsp3) is 0.429. The van der Waals surface area contributed by atoms with Crippen molar-refractivity contribution < 1.29 is 23.1 Å². The van der Waals surface area contributed by atoms with E-state index in [4.69, 9.17) is 11.6 Å². The molecule has 7 nitrogen and oxygen atoms in total. The Kier molecular flexibility index (Phi) is 5.50. The second-order valence-electron chi connectivity index (χ2n) is 8.09. The van der Waals surface area contributed by atoms with Gasteiger partial charge in [-0.25, -0.2) is 13.2 Å². The van der Waals surface area contributed by atoms with Crippen molar-refractivity contribution in [3.63, 3.8) is 0 Å². The van der Waals surface area contributed by atoms with Crippen molar-refractivity contribution in [2.75, 3.05) is 25.4 Å². The van der Waals surface area contributed by atoms with Crippen molar-refractivity contribution in [1.82, 2.24) is 10.2 Å². The van der Waals surface area contributed by atoms with Crippen LogP contribution in [0.4, 0.5) is 0 Å². The number of piperidine rings is 1. The Morgan fingerprint density at radius 3 is 2.53 bits per heavy atom. The summed E-state index contributed by atoms with van der Waals surface area (Å²) in [5.41, 5.74) is -0.625. The molecule has 2 aromatic carbocycles. The number of carbonyl (C=O) groups excluding carboxylic acids is 1. The Hall–Kier alpha value is -2.16. The van der Waals surface area contributed by atoms with Crippen LogP contribution in [0.1, 0.15) is 19.3 Å². The smallest absolute Gasteiger partial charge is 0.327 e. The van der Waals surface area contributed by atoms with E-state index in [1.165, 1.54) is 11.0 Å². The van der Waals surface area contributed by atoms with Crippen molar-refractivity contribution in [3.8, 4) is 0 Å². The molecule has 1 atom stereocenters. The number of carboxylic acid groups (broad SMARTS) is 1. The van der Waals surface area contributed by atoms with Crippen molar-refractivity contribution in [2.45, 2.75) is 30.2 Å². The van der Waals surface area contributed by atoms with Gasteiger partial charge in [0.15, 0.2) is 9.84 Å². The molecule has 0 saturated carbocycles. The summed E-state index contributed by atoms with van der Waals surface area (Å²) in [6, 6.07) is 9.01. The first-order chi connectivity index (χ1) is 14.2. The van der Waals surface area contributed by atoms with E-state index < -0.39 is 27.3 Å². The summed E-state index contributed by atoms with van der Waals surface area (Å²) >= 11 is 5.98. The topological polar surface area (TPSA) is 104 Å². The van der Waals surface area contributed by atoms with Crippen molar-refractivity contribution >= 4 is 44.1 Å². The number of amides is 1. The van der Waals surface area contributed by atoms with Crippen LogP contribution in [0.2, 0.25) is 5.02 Å². The third-order valence-electron chi connectivity index (χ3n) is 6.28. The van der Waals surface area contributed by atoms with Crippen LogP contribution in [0.25, 0.3) is 10.8 Å². The van der Waals surface area contributed by atoms with Gasteiger partial charge in [-0.05, 0) is 61.0 Å². The molecule has 2 N–H and O–H groups in total. The molecule has 4 rings (SSSR count). The van der Waals surface area contributed by atoms with E-state index in [9.17, 15) is 23.1 Å². The molecule has 2 heterocycles. The lowest BCUT2D eigenvalue weighted by Crippen LogP contribution is -2.51. The minimum Gasteiger partial charge on any atom is -0.480 e. The van der Waals surface area contributed by atoms with Gasteiger partial charge in [0, 0.05) is 23.4 Å². The largest absolute Gasteiger partial charge is 0.480 e. The molecular weight excluding hydrogens is 428 g/mol. The van der Waals surface area contributed by atoms with E-state index in [0.29, 0.717) is 31.0 Å². The van der Waals surface area contributed by atoms with Gasteiger partial charge in [-0.2, -0.15) is 0 Å². The summed E-state index contributed by atoms with van der Waals surface area (Å²) in [6.07, 6.45) is 1.33. The zero-order chi connectivity index (χ0) is 21.5. The Morgan fingerprint density at radius 2 is 1.83 bits per heavy atom. The Bertz CT molecular complexity index is 1110. The first kappa shape index (κ1) is 21.1. The molecule has 2 aromatic rings. The van der Waals surface area contributed by atoms with E-state index in [1.54, 1.807) is 30.3 Å². The third kappa shape index (κ3) is 3.79. The molecule has 0 aromatic heterocycles. The normalized spacial score (nSPS) is 21.4. The summed E-state index contributed by atoms with van der Waals surface area (Å²) in [7, 11) is -3.70. The average molecular weight is 451 g/mol. The number of benzene rings is 2. The SMILES string of the molecule is O=C(O)C1N(CCS(=O)(=O)c2ccc3cc(Cl)ccc3c2)C(=O)CC12CCNCC2. The minimum absolute atomic E-state index is 0.133. The van der Waals surface area contributed by atoms with E-state index >= 15 is 0 Å². The van der Waals surface area contributed by atoms with Crippen LogP contribution in [0, 0.1) is 5.41 Å². The predicted octanol–water partition coefficient (Wildman–Crippen LogP) is 2.32. The Balaban J connectivity index is 1.56. The number of likely N-dealkylation sites (tertiary alicyclic amines) is 1. The number of sulfone groups is 1. The molecule has 0 bridgehead atoms. The molecule has 0 radical (unpaired) electrons. The second-order valence-corrected chi connectivity index (χ2v) is 10.6. The molecule has 9 heteroatoms. The molecule has 2 aliphatic heterocycles. The molecular formula is C21H23ClN2O5S. The lowest BCUT2D eigenvalue weighted by Gasteiger charge is -2.38. The number of halogens is 1. The first-order valence-corrected chi connectivity index (χ1v) is 11.9. The highest BCUT2D eigenvalue weighted by atomic mass is 35.5. The molecule has 0 aliphatic carbocycles. The highest BCUT2D eigenvalue weighted by Gasteiger charge is 2.55. The highest BCUT2D eigenvalue weighted by Crippen LogP contribution is 2.45. The number of rotatable bonds is 5. The maximum atomic E-state index is 12.9. The first-order valence-electron chi connectivity index (χ1n) is 9.87. The molecule has 2 aliphatic rings. The summed E-state index contributed by atoms with van der Waals surface area (Å²) in [5.74, 6) is -1.67. The fourth-order valence-electron chi connectivity index (χ4n) is 4.72. The molecule has 160 valence electrons. The van der Waals surface area contributed by atoms with E-state index in [1.807, 2.05) is 0 Å². The van der Waals surface area contributed by atoms with Gasteiger partial charge in [0.25, 0.3) is 0 Å². The highest BCUT2D eigenvalue weighted by molar-refractivity contribution is 7.91. The van der Waals surface area contributed by atoms with Gasteiger partial charge >= 0.3 is 5.97 Å². The lowest BCUT2D eigenvalue weighted by atomic mass is 9.72. The molecule has 2 fully saturated rings. The zero-order valence-electron chi connectivity index (χ0n) is 16.3. The van der Waals surface area contributed by atoms with Crippen LogP contribution >= 0.6 is 11.6 Å². The van der Waals surface area contributed by atoms with Crippen LogP contribution < -0.4 is 5.32 Å². The van der Waals surface area contributed by atoms with Crippen molar-refractivity contribution in [1.29, 1.82) is 0 Å². The third-order valence-corrected chi connectivity index (χ3v) is 8.21. The van der Waals surface area contributed by atoms with Gasteiger partial charge in [0.1, 0.15) is 6.04 Å². The summed E-state index contributed by atoms with van der Waals surface area (Å²) < 4.78 is 25.9. The van der Waals surface area contributed by atoms with Crippen LogP contribution in [0.15, 0.2) is 41.3 Å². The van der Waals surface area contributed by atoms with Crippen molar-refractivity contribution in [2.24, 2.45) is 5.41 Å². The van der Waals surface area contributed by atoms with Crippen LogP contribution in [0.5, 0.6) is 0 Å². The van der Waals surface area contributed by atoms with Gasteiger partial charge in [-0.15, -0.1) is 0 Å². The number of fused-ring (bicyclic) bond motifs is 1. The number of aliphatic carboxylic acids is 1. The predicted molar refractivity (Wildman–Crippen MR) is 113 cm³/mol. The summed E-state index contributed by atoms with van der Waals surface area (Å²) in [6.45, 7) is 1.18. The van der Waals surface area contributed by atoms with E-state index in [2.05, 4.69) is 5.32 Å². The van der Waals surface area contributed by atoms with Crippen LogP contribution in [-0.4, -0.2) is 61.7 Å². The molecule has 1 amide bonds. The minimum atomic E-state index is -3.70. The second kappa shape index (κ2) is 7.83. The number of nitrogens with zero attached hydrogens (tertiary/aromatic N) is 1. The van der Waals surface area contributed by atoms with Crippen molar-refractivity contribution in [3.05, 3.63) is 41.4 Å². The number of carbonyl (C=O) groups is 2. The maximum Gasteiger partial charge on any atom is 0.327 e. The maximum absolute atomic E-state index is 12.9. The van der Waals surface area contributed by atoms with E-state index in [0.717, 1.165) is 10.8 Å². The number of hydrogen-bond donors (Lipinski definition) is 2. The monoisotopic (exact) mass is 450 g/mol. The molecule has 30 heavy (non-hydrogen) atoms. The zero-order valence-corrected chi connectivity index (χ0v) is 17.9. The Morgan fingerprint density at radius 1 is 1.17 bits per heavy atom. The quantitative estimate of drug-likeness (QED) is 0.724. The van der Waals surface area contributed by atoms with Gasteiger partial charge in [0.05, 0.1) is 10.6 Å². The summed E-state index contributed by atoms with van der Waals surface area (Å²) in [5, 5.41) is 15.2. The Labute approximate surface area is 179 Å². The van der Waals surface area contributed by atoms with Gasteiger partial charge in [-0.3, -0.25) is 4.79 Å². The van der Waals surface area contributed by atoms with Gasteiger partial charge in [-0.1, -0.05) is 23.7 Å². The van der Waals surface area contributed by atoms with E-state index in [-0.39, 0.29) is 29.5 Å². The number of hydrogen-bond acceptors (Lipinski definition) is 5. The van der Waals surface area contributed by atoms with Crippen LogP contribution in [0.3, 0.4) is 0 Å². The van der Waals surface area contributed by atoms with Crippen LogP contribution in [-0.2, 0) is 19.4 Å². The lowest BCUT2D eigenvalue weighted by molar-refractivity contribution is -0.149. The fourth-order valence-corrected chi connectivity index (χ4v) is 6.16. The van der Waals surface area contributed by atoms with Gasteiger partial charge < -0.3 is 15.3 Å². The standard InChI is InChI=1S/C21H23ClN2O5S/c22-16-3-1-15-12-17(4-2-14(15)11-16)30(28,29)10-9-24-18(25)13-21(19(24)20(26)27)5-7-23-8-6-21/h1-4,11-12,19,23H,5-10,13H2,(H,26,27). The number of carboxylic acids is 1. The molecule has 1 spiro atoms. The number of nitrogens with one attached hydrogen (secondary N) is 1.